The summed E-state index contributed by atoms with van der Waals surface area (Å²) < 4.78 is 4.74. The fraction of sp³-hybridized carbons (Fsp3) is 0. The summed E-state index contributed by atoms with van der Waals surface area (Å²) in [6.45, 7) is 0. The standard InChI is InChI=1S/C8H4NO3/c10-9(11)8-7-3-1-2-6(7)4-5-12-8/h1,3-5H. The van der Waals surface area contributed by atoms with Gasteiger partial charge in [0.25, 0.3) is 0 Å². The number of hydrogen-bond acceptors (Lipinski definition) is 3. The van der Waals surface area contributed by atoms with Crippen molar-refractivity contribution in [2.75, 3.05) is 0 Å². The monoisotopic (exact) mass is 162 g/mol. The normalized spacial score (nSPS) is 10.3. The van der Waals surface area contributed by atoms with Crippen LogP contribution in [0.2, 0.25) is 0 Å². The van der Waals surface area contributed by atoms with Gasteiger partial charge in [0.1, 0.15) is 10.5 Å². The minimum atomic E-state index is -0.545. The highest BCUT2D eigenvalue weighted by Gasteiger charge is 2.19. The van der Waals surface area contributed by atoms with Gasteiger partial charge in [-0.15, -0.1) is 0 Å². The summed E-state index contributed by atoms with van der Waals surface area (Å²) in [7, 11) is 0. The number of fused-ring (bicyclic) bond motifs is 1. The van der Waals surface area contributed by atoms with E-state index in [1.807, 2.05) is 0 Å². The van der Waals surface area contributed by atoms with Gasteiger partial charge in [-0.05, 0) is 18.2 Å². The molecule has 0 saturated heterocycles. The van der Waals surface area contributed by atoms with Gasteiger partial charge in [-0.2, -0.15) is 0 Å². The summed E-state index contributed by atoms with van der Waals surface area (Å²) in [5, 5.41) is 10.4. The Labute approximate surface area is 67.9 Å². The zero-order valence-electron chi connectivity index (χ0n) is 5.98. The van der Waals surface area contributed by atoms with Crippen LogP contribution in [0.4, 0.5) is 5.88 Å². The highest BCUT2D eigenvalue weighted by atomic mass is 16.6. The van der Waals surface area contributed by atoms with Crippen LogP contribution in [0.25, 0.3) is 11.1 Å². The first-order valence-electron chi connectivity index (χ1n) is 3.31. The van der Waals surface area contributed by atoms with Crippen molar-refractivity contribution in [1.82, 2.24) is 0 Å². The van der Waals surface area contributed by atoms with E-state index in [0.29, 0.717) is 11.1 Å². The van der Waals surface area contributed by atoms with E-state index in [2.05, 4.69) is 6.07 Å². The smallest absolute Gasteiger partial charge is 0.409 e. The Morgan fingerprint density at radius 3 is 3.08 bits per heavy atom. The highest BCUT2D eigenvalue weighted by molar-refractivity contribution is 5.71. The second-order valence-electron chi connectivity index (χ2n) is 2.29. The first kappa shape index (κ1) is 6.84. The summed E-state index contributed by atoms with van der Waals surface area (Å²) in [4.78, 5) is 9.87. The van der Waals surface area contributed by atoms with Gasteiger partial charge in [-0.3, -0.25) is 10.1 Å². The minimum Gasteiger partial charge on any atom is -0.409 e. The van der Waals surface area contributed by atoms with Crippen molar-refractivity contribution in [3.05, 3.63) is 40.6 Å². The van der Waals surface area contributed by atoms with Gasteiger partial charge in [-0.25, -0.2) is 0 Å². The Balaban J connectivity index is 2.71. The van der Waals surface area contributed by atoms with E-state index in [1.54, 1.807) is 18.2 Å². The lowest BCUT2D eigenvalue weighted by Crippen LogP contribution is -1.89. The van der Waals surface area contributed by atoms with Gasteiger partial charge in [-0.1, -0.05) is 6.07 Å². The molecule has 0 amide bonds. The van der Waals surface area contributed by atoms with E-state index in [0.717, 1.165) is 0 Å². The number of hydrogen-bond donors (Lipinski definition) is 0. The Bertz CT molecular complexity index is 393. The fourth-order valence-electron chi connectivity index (χ4n) is 1.08. The van der Waals surface area contributed by atoms with Crippen LogP contribution >= 0.6 is 0 Å². The van der Waals surface area contributed by atoms with Crippen LogP contribution in [0, 0.1) is 16.2 Å². The molecule has 12 heavy (non-hydrogen) atoms. The fourth-order valence-corrected chi connectivity index (χ4v) is 1.08. The lowest BCUT2D eigenvalue weighted by Gasteiger charge is -1.96. The zero-order valence-corrected chi connectivity index (χ0v) is 5.98. The summed E-state index contributed by atoms with van der Waals surface area (Å²) in [6, 6.07) is 7.73. The molecule has 4 heteroatoms. The molecular formula is C8H4NO3. The van der Waals surface area contributed by atoms with Crippen molar-refractivity contribution in [2.24, 2.45) is 0 Å². The molecule has 4 nitrogen and oxygen atoms in total. The molecule has 0 N–H and O–H groups in total. The second kappa shape index (κ2) is 2.34. The quantitative estimate of drug-likeness (QED) is 0.476. The first-order chi connectivity index (χ1) is 5.79. The Morgan fingerprint density at radius 2 is 2.33 bits per heavy atom. The molecule has 0 aromatic carbocycles. The van der Waals surface area contributed by atoms with E-state index >= 15 is 0 Å². The van der Waals surface area contributed by atoms with Crippen molar-refractivity contribution in [3.63, 3.8) is 0 Å². The molecule has 1 aliphatic carbocycles. The predicted molar refractivity (Wildman–Crippen MR) is 40.8 cm³/mol. The maximum absolute atomic E-state index is 10.4. The molecule has 0 fully saturated rings. The predicted octanol–water partition coefficient (Wildman–Crippen LogP) is 2.09. The third-order valence-electron chi connectivity index (χ3n) is 1.59. The first-order valence-corrected chi connectivity index (χ1v) is 3.31. The molecule has 0 atom stereocenters. The number of nitro groups is 1. The largest absolute Gasteiger partial charge is 0.440 e. The van der Waals surface area contributed by atoms with Crippen molar-refractivity contribution >= 4 is 5.88 Å². The Hall–Kier alpha value is -1.84. The third kappa shape index (κ3) is 0.852. The topological polar surface area (TPSA) is 56.3 Å². The Kier molecular flexibility index (Phi) is 1.33. The summed E-state index contributed by atoms with van der Waals surface area (Å²) >= 11 is 0. The van der Waals surface area contributed by atoms with Crippen LogP contribution in [-0.4, -0.2) is 4.92 Å². The molecule has 1 radical (unpaired) electrons. The van der Waals surface area contributed by atoms with Crippen LogP contribution in [-0.2, 0) is 0 Å². The number of rotatable bonds is 1. The molecule has 0 bridgehead atoms. The molecule has 0 unspecified atom stereocenters. The van der Waals surface area contributed by atoms with E-state index in [-0.39, 0.29) is 5.88 Å². The highest BCUT2D eigenvalue weighted by Crippen LogP contribution is 2.31. The minimum absolute atomic E-state index is 0.228. The van der Waals surface area contributed by atoms with Gasteiger partial charge >= 0.3 is 5.88 Å². The van der Waals surface area contributed by atoms with E-state index in [9.17, 15) is 10.1 Å². The maximum Gasteiger partial charge on any atom is 0.440 e. The summed E-state index contributed by atoms with van der Waals surface area (Å²) in [5.41, 5.74) is 1.19. The van der Waals surface area contributed by atoms with Crippen LogP contribution in [0.1, 0.15) is 0 Å². The van der Waals surface area contributed by atoms with Crippen LogP contribution < -0.4 is 0 Å². The average molecular weight is 162 g/mol. The molecule has 2 rings (SSSR count). The van der Waals surface area contributed by atoms with Gasteiger partial charge in [0, 0.05) is 5.56 Å². The van der Waals surface area contributed by atoms with Crippen molar-refractivity contribution in [2.45, 2.75) is 0 Å². The van der Waals surface area contributed by atoms with E-state index < -0.39 is 4.92 Å². The molecule has 0 aromatic heterocycles. The number of nitrogens with zero attached hydrogens (tertiary/aromatic N) is 1. The second-order valence-corrected chi connectivity index (χ2v) is 2.29. The third-order valence-corrected chi connectivity index (χ3v) is 1.59. The maximum atomic E-state index is 10.4. The Morgan fingerprint density at radius 1 is 1.50 bits per heavy atom. The van der Waals surface area contributed by atoms with E-state index in [4.69, 9.17) is 4.42 Å². The van der Waals surface area contributed by atoms with Crippen molar-refractivity contribution in [3.8, 4) is 11.1 Å². The molecule has 0 spiro atoms. The van der Waals surface area contributed by atoms with Gasteiger partial charge in [0.2, 0.25) is 0 Å². The van der Waals surface area contributed by atoms with Gasteiger partial charge in [0.15, 0.2) is 0 Å². The molecule has 2 aliphatic rings. The molecule has 0 saturated carbocycles. The SMILES string of the molecule is O=[N+]([O-])c1occc2[c]ccc1-2. The van der Waals surface area contributed by atoms with Crippen LogP contribution in [0.3, 0.4) is 0 Å². The molecule has 59 valence electrons. The average Bonchev–Trinajstić information content (AvgIpc) is 2.49. The molecule has 1 aliphatic heterocycles. The summed E-state index contributed by atoms with van der Waals surface area (Å²) in [5.74, 6) is -0.228. The van der Waals surface area contributed by atoms with Crippen LogP contribution in [0.15, 0.2) is 28.9 Å². The van der Waals surface area contributed by atoms with E-state index in [1.165, 1.54) is 6.26 Å². The summed E-state index contributed by atoms with van der Waals surface area (Å²) in [6.07, 6.45) is 1.29. The van der Waals surface area contributed by atoms with Crippen LogP contribution in [0.5, 0.6) is 0 Å². The lowest BCUT2D eigenvalue weighted by atomic mass is 10.2. The van der Waals surface area contributed by atoms with Gasteiger partial charge in [0.05, 0.1) is 6.26 Å². The molecular weight excluding hydrogens is 158 g/mol. The molecule has 1 heterocycles. The van der Waals surface area contributed by atoms with Crippen molar-refractivity contribution in [1.29, 1.82) is 0 Å². The molecule has 0 aromatic rings. The lowest BCUT2D eigenvalue weighted by molar-refractivity contribution is -0.402. The zero-order chi connectivity index (χ0) is 8.55. The van der Waals surface area contributed by atoms with Gasteiger partial charge < -0.3 is 4.42 Å². The van der Waals surface area contributed by atoms with Crippen molar-refractivity contribution < 1.29 is 9.34 Å².